The van der Waals surface area contributed by atoms with Crippen molar-refractivity contribution in [2.24, 2.45) is 0 Å². The summed E-state index contributed by atoms with van der Waals surface area (Å²) in [5.74, 6) is -2.32. The molecule has 0 fully saturated rings. The van der Waals surface area contributed by atoms with Crippen LogP contribution in [0.2, 0.25) is 5.02 Å². The Kier molecular flexibility index (Phi) is 7.68. The quantitative estimate of drug-likeness (QED) is 0.345. The van der Waals surface area contributed by atoms with Crippen LogP contribution in [0.15, 0.2) is 47.3 Å². The van der Waals surface area contributed by atoms with Crippen LogP contribution in [0.1, 0.15) is 41.3 Å². The summed E-state index contributed by atoms with van der Waals surface area (Å²) in [6.45, 7) is 0.143. The van der Waals surface area contributed by atoms with Crippen LogP contribution in [0.5, 0.6) is 11.5 Å². The number of aromatic hydroxyl groups is 1. The van der Waals surface area contributed by atoms with Gasteiger partial charge in [0.05, 0.1) is 26.1 Å². The number of rotatable bonds is 8. The summed E-state index contributed by atoms with van der Waals surface area (Å²) in [6, 6.07) is 8.82. The van der Waals surface area contributed by atoms with Crippen molar-refractivity contribution in [3.05, 3.63) is 86.0 Å². The number of methoxy groups -OCH3 is 1. The average Bonchev–Trinajstić information content (AvgIpc) is 3.35. The van der Waals surface area contributed by atoms with Gasteiger partial charge in [-0.15, -0.1) is 0 Å². The van der Waals surface area contributed by atoms with Gasteiger partial charge in [-0.3, -0.25) is 9.59 Å². The molecule has 4 rings (SSSR count). The van der Waals surface area contributed by atoms with E-state index in [9.17, 15) is 29.0 Å². The zero-order valence-corrected chi connectivity index (χ0v) is 20.6. The van der Waals surface area contributed by atoms with Gasteiger partial charge in [0.15, 0.2) is 17.3 Å². The number of nitrogens with zero attached hydrogens (tertiary/aromatic N) is 1. The van der Waals surface area contributed by atoms with Crippen LogP contribution >= 0.6 is 11.6 Å². The minimum absolute atomic E-state index is 0.0376. The molecule has 9 nitrogen and oxygen atoms in total. The average molecular weight is 530 g/mol. The first-order valence-corrected chi connectivity index (χ1v) is 11.9. The van der Waals surface area contributed by atoms with Crippen LogP contribution in [0, 0.1) is 5.82 Å². The monoisotopic (exact) mass is 529 g/mol. The van der Waals surface area contributed by atoms with Crippen LogP contribution in [-0.2, 0) is 24.2 Å². The van der Waals surface area contributed by atoms with E-state index in [1.807, 2.05) is 0 Å². The lowest BCUT2D eigenvalue weighted by Gasteiger charge is -2.20. The van der Waals surface area contributed by atoms with Crippen LogP contribution in [0.3, 0.4) is 0 Å². The molecule has 1 atom stereocenters. The Morgan fingerprint density at radius 2 is 1.97 bits per heavy atom. The number of carbonyl (C=O) groups is 2. The molecular weight excluding hydrogens is 505 g/mol. The number of benzene rings is 2. The summed E-state index contributed by atoms with van der Waals surface area (Å²) < 4.78 is 20.6. The highest BCUT2D eigenvalue weighted by atomic mass is 35.5. The Morgan fingerprint density at radius 3 is 2.65 bits per heavy atom. The highest BCUT2D eigenvalue weighted by Crippen LogP contribution is 2.34. The molecule has 1 aliphatic rings. The second kappa shape index (κ2) is 10.9. The van der Waals surface area contributed by atoms with Crippen molar-refractivity contribution in [2.75, 3.05) is 12.4 Å². The molecule has 11 heteroatoms. The number of hydrogen-bond acceptors (Lipinski definition) is 5. The van der Waals surface area contributed by atoms with Gasteiger partial charge < -0.3 is 30.2 Å². The van der Waals surface area contributed by atoms with E-state index < -0.39 is 35.8 Å². The molecule has 37 heavy (non-hydrogen) atoms. The second-order valence-corrected chi connectivity index (χ2v) is 9.04. The van der Waals surface area contributed by atoms with Crippen LogP contribution in [0.4, 0.5) is 14.9 Å². The maximum Gasteiger partial charge on any atom is 0.319 e. The lowest BCUT2D eigenvalue weighted by Crippen LogP contribution is -2.37. The maximum absolute atomic E-state index is 14.2. The molecule has 0 saturated carbocycles. The number of aromatic nitrogens is 1. The number of aliphatic carboxylic acids is 1. The topological polar surface area (TPSA) is 130 Å². The normalized spacial score (nSPS) is 13.1. The van der Waals surface area contributed by atoms with Gasteiger partial charge in [0.1, 0.15) is 5.75 Å². The van der Waals surface area contributed by atoms with E-state index in [1.165, 1.54) is 23.8 Å². The number of fused-ring (bicyclic) bond motifs is 1. The first kappa shape index (κ1) is 26.0. The van der Waals surface area contributed by atoms with Gasteiger partial charge >= 0.3 is 12.0 Å². The Hall–Kier alpha value is -4.05. The summed E-state index contributed by atoms with van der Waals surface area (Å²) in [5, 5.41) is 25.5. The van der Waals surface area contributed by atoms with Crippen LogP contribution < -0.4 is 20.9 Å². The second-order valence-electron chi connectivity index (χ2n) is 8.63. The summed E-state index contributed by atoms with van der Waals surface area (Å²) in [7, 11) is 1.29. The number of hydrogen-bond donors (Lipinski definition) is 4. The molecule has 0 saturated heterocycles. The molecule has 0 aliphatic heterocycles. The number of urea groups is 1. The van der Waals surface area contributed by atoms with Gasteiger partial charge in [0.25, 0.3) is 5.56 Å². The Labute approximate surface area is 216 Å². The number of nitrogens with one attached hydrogen (secondary N) is 2. The number of carboxylic acids is 1. The van der Waals surface area contributed by atoms with E-state index in [-0.39, 0.29) is 29.3 Å². The van der Waals surface area contributed by atoms with E-state index >= 15 is 0 Å². The van der Waals surface area contributed by atoms with E-state index in [4.69, 9.17) is 16.3 Å². The molecular formula is C26H25ClFN3O6. The molecule has 4 N–H and O–H groups in total. The molecule has 0 bridgehead atoms. The SMILES string of the molecule is COc1ccc([C@H](CC(=O)O)NC(=O)Nc2c(O)c3c(n(Cc4ccccc4Cl)c2=O)CCC3)cc1F. The number of carbonyl (C=O) groups excluding carboxylic acids is 1. The summed E-state index contributed by atoms with van der Waals surface area (Å²) in [5.41, 5.74) is 1.15. The standard InChI is InChI=1S/C26H25ClFN3O6/c1-37-21-10-9-14(11-18(21)28)19(12-22(32)33)29-26(36)30-23-24(34)16-6-4-8-20(16)31(25(23)35)13-15-5-2-3-7-17(15)27/h2-3,5,7,9-11,19,34H,4,6,8,12-13H2,1H3,(H,32,33)(H2,29,30,36)/t19-/m0/s1. The molecule has 1 heterocycles. The minimum atomic E-state index is -1.23. The van der Waals surface area contributed by atoms with E-state index in [1.54, 1.807) is 24.3 Å². The highest BCUT2D eigenvalue weighted by molar-refractivity contribution is 6.31. The summed E-state index contributed by atoms with van der Waals surface area (Å²) in [6.07, 6.45) is 1.28. The fourth-order valence-electron chi connectivity index (χ4n) is 4.50. The molecule has 2 aromatic carbocycles. The van der Waals surface area contributed by atoms with Crippen molar-refractivity contribution >= 4 is 29.3 Å². The number of pyridine rings is 1. The van der Waals surface area contributed by atoms with Crippen molar-refractivity contribution in [2.45, 2.75) is 38.3 Å². The lowest BCUT2D eigenvalue weighted by molar-refractivity contribution is -0.137. The van der Waals surface area contributed by atoms with Gasteiger partial charge in [0.2, 0.25) is 0 Å². The van der Waals surface area contributed by atoms with Crippen molar-refractivity contribution in [3.63, 3.8) is 0 Å². The summed E-state index contributed by atoms with van der Waals surface area (Å²) in [4.78, 5) is 37.7. The smallest absolute Gasteiger partial charge is 0.319 e. The van der Waals surface area contributed by atoms with Gasteiger partial charge in [-0.05, 0) is 48.6 Å². The van der Waals surface area contributed by atoms with Crippen molar-refractivity contribution in [1.29, 1.82) is 0 Å². The lowest BCUT2D eigenvalue weighted by atomic mass is 10.0. The first-order valence-electron chi connectivity index (χ1n) is 11.5. The summed E-state index contributed by atoms with van der Waals surface area (Å²) >= 11 is 6.29. The zero-order chi connectivity index (χ0) is 26.7. The number of ether oxygens (including phenoxy) is 1. The van der Waals surface area contributed by atoms with Crippen molar-refractivity contribution in [3.8, 4) is 11.5 Å². The third kappa shape index (κ3) is 5.54. The molecule has 3 aromatic rings. The predicted octanol–water partition coefficient (Wildman–Crippen LogP) is 4.23. The van der Waals surface area contributed by atoms with Gasteiger partial charge in [0, 0.05) is 16.3 Å². The predicted molar refractivity (Wildman–Crippen MR) is 135 cm³/mol. The first-order chi connectivity index (χ1) is 17.7. The number of halogens is 2. The van der Waals surface area contributed by atoms with Gasteiger partial charge in [-0.2, -0.15) is 0 Å². The highest BCUT2D eigenvalue weighted by Gasteiger charge is 2.27. The third-order valence-corrected chi connectivity index (χ3v) is 6.65. The van der Waals surface area contributed by atoms with Gasteiger partial charge in [-0.25, -0.2) is 9.18 Å². The number of carboxylic acid groups (broad SMARTS) is 1. The van der Waals surface area contributed by atoms with Crippen LogP contribution in [0.25, 0.3) is 0 Å². The number of amides is 2. The molecule has 0 radical (unpaired) electrons. The van der Waals surface area contributed by atoms with E-state index in [2.05, 4.69) is 10.6 Å². The molecule has 2 amide bonds. The third-order valence-electron chi connectivity index (χ3n) is 6.28. The Balaban J connectivity index is 1.65. The molecule has 1 aromatic heterocycles. The maximum atomic E-state index is 14.2. The van der Waals surface area contributed by atoms with Crippen molar-refractivity contribution in [1.82, 2.24) is 9.88 Å². The Morgan fingerprint density at radius 1 is 1.22 bits per heavy atom. The Bertz CT molecular complexity index is 1420. The fraction of sp³-hybridized carbons (Fsp3) is 0.269. The van der Waals surface area contributed by atoms with E-state index in [0.29, 0.717) is 34.7 Å². The molecule has 0 unspecified atom stereocenters. The zero-order valence-electron chi connectivity index (χ0n) is 19.9. The number of anilines is 1. The largest absolute Gasteiger partial charge is 0.505 e. The molecule has 194 valence electrons. The van der Waals surface area contributed by atoms with E-state index in [0.717, 1.165) is 12.5 Å². The minimum Gasteiger partial charge on any atom is -0.505 e. The van der Waals surface area contributed by atoms with Gasteiger partial charge in [-0.1, -0.05) is 35.9 Å². The van der Waals surface area contributed by atoms with Crippen molar-refractivity contribution < 1.29 is 28.9 Å². The molecule has 1 aliphatic carbocycles. The fourth-order valence-corrected chi connectivity index (χ4v) is 4.70. The van der Waals surface area contributed by atoms with Crippen LogP contribution in [-0.4, -0.2) is 33.9 Å². The molecule has 0 spiro atoms.